The second-order valence-electron chi connectivity index (χ2n) is 5.87. The number of ether oxygens (including phenoxy) is 2. The van der Waals surface area contributed by atoms with Crippen LogP contribution in [0.5, 0.6) is 0 Å². The number of carbonyl (C=O) groups excluding carboxylic acids is 1. The fourth-order valence-electron chi connectivity index (χ4n) is 2.65. The number of aromatic amines is 1. The minimum atomic E-state index is -0.391. The third kappa shape index (κ3) is 5.43. The van der Waals surface area contributed by atoms with Gasteiger partial charge in [0, 0.05) is 18.8 Å². The Hall–Kier alpha value is -1.70. The highest BCUT2D eigenvalue weighted by Gasteiger charge is 2.17. The minimum Gasteiger partial charge on any atom is -0.376 e. The molecular formula is C17H27N3O4. The highest BCUT2D eigenvalue weighted by molar-refractivity contribution is 5.93. The van der Waals surface area contributed by atoms with E-state index in [9.17, 15) is 9.59 Å². The van der Waals surface area contributed by atoms with Gasteiger partial charge in [0.2, 0.25) is 0 Å². The topological polar surface area (TPSA) is 83.7 Å². The van der Waals surface area contributed by atoms with Crippen LogP contribution in [-0.2, 0) is 16.0 Å². The summed E-state index contributed by atoms with van der Waals surface area (Å²) in [6, 6.07) is 3.39. The molecule has 2 N–H and O–H groups in total. The van der Waals surface area contributed by atoms with Gasteiger partial charge in [0.25, 0.3) is 11.5 Å². The molecule has 0 radical (unpaired) electrons. The summed E-state index contributed by atoms with van der Waals surface area (Å²) in [5.41, 5.74) is 0.572. The van der Waals surface area contributed by atoms with Gasteiger partial charge in [-0.05, 0) is 31.6 Å². The van der Waals surface area contributed by atoms with Gasteiger partial charge in [-0.25, -0.2) is 0 Å². The molecule has 1 aliphatic rings. The standard InChI is InChI=1S/C17H27N3O4/c1-3-7-20(4-2)11-13-5-6-15(17(22)19-13)16(21)18-10-14-12-23-8-9-24-14/h5-6,14H,3-4,7-12H2,1-2H3,(H,18,21)(H,19,22)/t14-/m1/s1. The molecule has 1 atom stereocenters. The van der Waals surface area contributed by atoms with Gasteiger partial charge < -0.3 is 19.8 Å². The van der Waals surface area contributed by atoms with E-state index in [0.29, 0.717) is 32.9 Å². The largest absolute Gasteiger partial charge is 0.376 e. The van der Waals surface area contributed by atoms with E-state index in [-0.39, 0.29) is 17.2 Å². The summed E-state index contributed by atoms with van der Waals surface area (Å²) in [5.74, 6) is -0.391. The highest BCUT2D eigenvalue weighted by atomic mass is 16.6. The summed E-state index contributed by atoms with van der Waals surface area (Å²) in [7, 11) is 0. The van der Waals surface area contributed by atoms with Crippen LogP contribution in [0.3, 0.4) is 0 Å². The van der Waals surface area contributed by atoms with Crippen molar-refractivity contribution in [3.05, 3.63) is 33.7 Å². The van der Waals surface area contributed by atoms with Gasteiger partial charge in [-0.15, -0.1) is 0 Å². The first-order chi connectivity index (χ1) is 11.6. The Labute approximate surface area is 142 Å². The Balaban J connectivity index is 1.93. The Morgan fingerprint density at radius 3 is 2.83 bits per heavy atom. The van der Waals surface area contributed by atoms with E-state index in [1.165, 1.54) is 0 Å². The Bertz CT molecular complexity index is 581. The van der Waals surface area contributed by atoms with Crippen LogP contribution in [0.2, 0.25) is 0 Å². The van der Waals surface area contributed by atoms with Crippen LogP contribution in [0.1, 0.15) is 36.3 Å². The normalized spacial score (nSPS) is 17.9. The molecule has 7 heteroatoms. The average molecular weight is 337 g/mol. The molecular weight excluding hydrogens is 310 g/mol. The number of aromatic nitrogens is 1. The molecule has 1 aromatic rings. The van der Waals surface area contributed by atoms with Crippen LogP contribution in [0.15, 0.2) is 16.9 Å². The minimum absolute atomic E-state index is 0.119. The number of H-pyrrole nitrogens is 1. The first-order valence-corrected chi connectivity index (χ1v) is 8.56. The second kappa shape index (κ2) is 9.56. The number of pyridine rings is 1. The molecule has 134 valence electrons. The molecule has 0 bridgehead atoms. The first-order valence-electron chi connectivity index (χ1n) is 8.56. The zero-order valence-corrected chi connectivity index (χ0v) is 14.5. The van der Waals surface area contributed by atoms with Crippen molar-refractivity contribution < 1.29 is 14.3 Å². The van der Waals surface area contributed by atoms with Gasteiger partial charge in [-0.2, -0.15) is 0 Å². The summed E-state index contributed by atoms with van der Waals surface area (Å²) < 4.78 is 10.7. The van der Waals surface area contributed by atoms with Gasteiger partial charge >= 0.3 is 0 Å². The summed E-state index contributed by atoms with van der Waals surface area (Å²) in [5, 5.41) is 2.73. The predicted octanol–water partition coefficient (Wildman–Crippen LogP) is 0.752. The monoisotopic (exact) mass is 337 g/mol. The maximum Gasteiger partial charge on any atom is 0.261 e. The summed E-state index contributed by atoms with van der Waals surface area (Å²) >= 11 is 0. The molecule has 1 fully saturated rings. The number of amides is 1. The van der Waals surface area contributed by atoms with Crippen molar-refractivity contribution in [2.45, 2.75) is 32.9 Å². The lowest BCUT2D eigenvalue weighted by Crippen LogP contribution is -2.41. The zero-order chi connectivity index (χ0) is 17.4. The van der Waals surface area contributed by atoms with Crippen LogP contribution < -0.4 is 10.9 Å². The van der Waals surface area contributed by atoms with E-state index in [2.05, 4.69) is 29.0 Å². The average Bonchev–Trinajstić information content (AvgIpc) is 2.60. The number of hydrogen-bond acceptors (Lipinski definition) is 5. The molecule has 1 saturated heterocycles. The van der Waals surface area contributed by atoms with Gasteiger partial charge in [-0.1, -0.05) is 13.8 Å². The van der Waals surface area contributed by atoms with Crippen LogP contribution in [0.25, 0.3) is 0 Å². The van der Waals surface area contributed by atoms with E-state index in [4.69, 9.17) is 9.47 Å². The molecule has 0 aromatic carbocycles. The summed E-state index contributed by atoms with van der Waals surface area (Å²) in [6.45, 7) is 8.69. The van der Waals surface area contributed by atoms with Crippen molar-refractivity contribution in [3.8, 4) is 0 Å². The molecule has 0 spiro atoms. The fourth-order valence-corrected chi connectivity index (χ4v) is 2.65. The van der Waals surface area contributed by atoms with Crippen molar-refractivity contribution >= 4 is 5.91 Å². The summed E-state index contributed by atoms with van der Waals surface area (Å²) in [4.78, 5) is 29.4. The lowest BCUT2D eigenvalue weighted by atomic mass is 10.2. The van der Waals surface area contributed by atoms with Crippen LogP contribution in [0.4, 0.5) is 0 Å². The lowest BCUT2D eigenvalue weighted by molar-refractivity contribution is -0.0855. The quantitative estimate of drug-likeness (QED) is 0.731. The number of rotatable bonds is 8. The van der Waals surface area contributed by atoms with Gasteiger partial charge in [0.15, 0.2) is 0 Å². The number of nitrogens with zero attached hydrogens (tertiary/aromatic N) is 1. The third-order valence-electron chi connectivity index (χ3n) is 3.97. The molecule has 2 heterocycles. The summed E-state index contributed by atoms with van der Waals surface area (Å²) in [6.07, 6.45) is 0.902. The highest BCUT2D eigenvalue weighted by Crippen LogP contribution is 2.03. The maximum absolute atomic E-state index is 12.2. The van der Waals surface area contributed by atoms with Gasteiger partial charge in [0.05, 0.1) is 25.9 Å². The molecule has 1 aromatic heterocycles. The Kier molecular flexibility index (Phi) is 7.42. The van der Waals surface area contributed by atoms with E-state index >= 15 is 0 Å². The zero-order valence-electron chi connectivity index (χ0n) is 14.5. The maximum atomic E-state index is 12.2. The van der Waals surface area contributed by atoms with E-state index in [1.807, 2.05) is 0 Å². The molecule has 1 aliphatic heterocycles. The molecule has 2 rings (SSSR count). The molecule has 0 unspecified atom stereocenters. The Morgan fingerprint density at radius 2 is 2.21 bits per heavy atom. The van der Waals surface area contributed by atoms with Crippen LogP contribution >= 0.6 is 0 Å². The molecule has 24 heavy (non-hydrogen) atoms. The molecule has 0 aliphatic carbocycles. The first kappa shape index (κ1) is 18.6. The molecule has 7 nitrogen and oxygen atoms in total. The number of nitrogens with one attached hydrogen (secondary N) is 2. The SMILES string of the molecule is CCCN(CC)Cc1ccc(C(=O)NC[C@@H]2COCCO2)c(=O)[nH]1. The van der Waals surface area contributed by atoms with Crippen LogP contribution in [-0.4, -0.2) is 61.3 Å². The molecule has 1 amide bonds. The van der Waals surface area contributed by atoms with Crippen molar-refractivity contribution in [2.75, 3.05) is 39.5 Å². The van der Waals surface area contributed by atoms with Crippen molar-refractivity contribution in [1.82, 2.24) is 15.2 Å². The van der Waals surface area contributed by atoms with Crippen molar-refractivity contribution in [3.63, 3.8) is 0 Å². The smallest absolute Gasteiger partial charge is 0.261 e. The van der Waals surface area contributed by atoms with Crippen LogP contribution in [0, 0.1) is 0 Å². The van der Waals surface area contributed by atoms with Crippen molar-refractivity contribution in [1.29, 1.82) is 0 Å². The predicted molar refractivity (Wildman–Crippen MR) is 91.2 cm³/mol. The van der Waals surface area contributed by atoms with Gasteiger partial charge in [-0.3, -0.25) is 14.5 Å². The number of carbonyl (C=O) groups is 1. The second-order valence-corrected chi connectivity index (χ2v) is 5.87. The number of hydrogen-bond donors (Lipinski definition) is 2. The molecule has 0 saturated carbocycles. The van der Waals surface area contributed by atoms with Gasteiger partial charge in [0.1, 0.15) is 5.56 Å². The van der Waals surface area contributed by atoms with E-state index < -0.39 is 5.91 Å². The lowest BCUT2D eigenvalue weighted by Gasteiger charge is -2.23. The van der Waals surface area contributed by atoms with E-state index in [1.54, 1.807) is 12.1 Å². The fraction of sp³-hybridized carbons (Fsp3) is 0.647. The van der Waals surface area contributed by atoms with E-state index in [0.717, 1.165) is 25.2 Å². The van der Waals surface area contributed by atoms with Crippen molar-refractivity contribution in [2.24, 2.45) is 0 Å². The Morgan fingerprint density at radius 1 is 1.38 bits per heavy atom. The third-order valence-corrected chi connectivity index (χ3v) is 3.97.